The van der Waals surface area contributed by atoms with E-state index in [4.69, 9.17) is 4.74 Å². The van der Waals surface area contributed by atoms with Crippen LogP contribution in [0.1, 0.15) is 31.2 Å². The molecule has 27 heavy (non-hydrogen) atoms. The molecule has 3 heteroatoms. The van der Waals surface area contributed by atoms with Gasteiger partial charge in [0.1, 0.15) is 17.0 Å². The monoisotopic (exact) mass is 359 g/mol. The van der Waals surface area contributed by atoms with E-state index in [1.807, 2.05) is 30.3 Å². The van der Waals surface area contributed by atoms with Gasteiger partial charge >= 0.3 is 0 Å². The molecule has 1 heterocycles. The Labute approximate surface area is 160 Å². The third-order valence-electron chi connectivity index (χ3n) is 5.64. The first kappa shape index (κ1) is 17.7. The molecule has 1 aliphatic rings. The van der Waals surface area contributed by atoms with Crippen LogP contribution in [0.5, 0.6) is 5.75 Å². The van der Waals surface area contributed by atoms with Crippen LogP contribution in [0, 0.1) is 11.8 Å². The van der Waals surface area contributed by atoms with E-state index in [-0.39, 0.29) is 5.92 Å². The summed E-state index contributed by atoms with van der Waals surface area (Å²) in [6, 6.07) is 20.5. The lowest BCUT2D eigenvalue weighted by molar-refractivity contribution is -0.122. The molecule has 0 N–H and O–H groups in total. The number of ketones is 1. The van der Waals surface area contributed by atoms with Gasteiger partial charge in [-0.1, -0.05) is 48.5 Å². The molecule has 2 atom stereocenters. The summed E-state index contributed by atoms with van der Waals surface area (Å²) in [5, 5.41) is 1.06. The Morgan fingerprint density at radius 1 is 1.00 bits per heavy atom. The van der Waals surface area contributed by atoms with Crippen LogP contribution in [0.15, 0.2) is 66.9 Å². The fourth-order valence-electron chi connectivity index (χ4n) is 4.14. The van der Waals surface area contributed by atoms with Crippen molar-refractivity contribution in [3.05, 3.63) is 72.4 Å². The number of ether oxygens (including phenoxy) is 1. The minimum Gasteiger partial charge on any atom is -0.491 e. The molecule has 0 bridgehead atoms. The molecule has 1 aliphatic carbocycles. The van der Waals surface area contributed by atoms with E-state index in [0.717, 1.165) is 42.3 Å². The topological polar surface area (TPSA) is 39.2 Å². The maximum atomic E-state index is 12.4. The van der Waals surface area contributed by atoms with E-state index in [1.165, 1.54) is 5.56 Å². The first-order valence-electron chi connectivity index (χ1n) is 9.84. The van der Waals surface area contributed by atoms with Gasteiger partial charge in [-0.3, -0.25) is 9.78 Å². The van der Waals surface area contributed by atoms with Crippen molar-refractivity contribution in [2.45, 2.75) is 32.1 Å². The number of carbonyl (C=O) groups excluding carboxylic acids is 1. The number of aryl methyl sites for hydroxylation is 1. The largest absolute Gasteiger partial charge is 0.491 e. The number of fused-ring (bicyclic) bond motifs is 1. The Bertz CT molecular complexity index is 901. The molecule has 1 saturated carbocycles. The summed E-state index contributed by atoms with van der Waals surface area (Å²) in [5.74, 6) is 1.58. The second-order valence-electron chi connectivity index (χ2n) is 7.39. The molecule has 0 radical (unpaired) electrons. The quantitative estimate of drug-likeness (QED) is 0.580. The highest BCUT2D eigenvalue weighted by Gasteiger charge is 2.34. The van der Waals surface area contributed by atoms with Gasteiger partial charge in [0.05, 0.1) is 12.5 Å². The molecule has 0 aliphatic heterocycles. The van der Waals surface area contributed by atoms with Crippen LogP contribution in [0.4, 0.5) is 0 Å². The van der Waals surface area contributed by atoms with Crippen molar-refractivity contribution in [3.8, 4) is 5.75 Å². The molecular weight excluding hydrogens is 334 g/mol. The molecule has 0 spiro atoms. The highest BCUT2D eigenvalue weighted by Crippen LogP contribution is 2.34. The SMILES string of the molecule is O=C1CC[C@H](CCCc2ccccc2)[C@H]1COc1cccc2cccnc12. The standard InChI is InChI=1S/C24H25NO2/c26-22-15-14-19(10-4-9-18-7-2-1-3-8-18)21(22)17-27-23-13-5-11-20-12-6-16-25-24(20)23/h1-3,5-8,11-13,16,19,21H,4,9-10,14-15,17H2/t19-,21+/m0/s1. The van der Waals surface area contributed by atoms with Gasteiger partial charge in [-0.15, -0.1) is 0 Å². The third kappa shape index (κ3) is 4.19. The molecule has 2 aromatic carbocycles. The molecule has 4 rings (SSSR count). The van der Waals surface area contributed by atoms with E-state index in [0.29, 0.717) is 24.7 Å². The highest BCUT2D eigenvalue weighted by atomic mass is 16.5. The summed E-state index contributed by atoms with van der Waals surface area (Å²) in [5.41, 5.74) is 2.24. The molecule has 138 valence electrons. The fraction of sp³-hybridized carbons (Fsp3) is 0.333. The number of nitrogens with zero attached hydrogens (tertiary/aromatic N) is 1. The maximum Gasteiger partial charge on any atom is 0.145 e. The van der Waals surface area contributed by atoms with Crippen LogP contribution >= 0.6 is 0 Å². The summed E-state index contributed by atoms with van der Waals surface area (Å²) in [4.78, 5) is 16.8. The van der Waals surface area contributed by atoms with Crippen molar-refractivity contribution in [1.29, 1.82) is 0 Å². The predicted octanol–water partition coefficient (Wildman–Crippen LogP) is 5.23. The predicted molar refractivity (Wildman–Crippen MR) is 108 cm³/mol. The number of carbonyl (C=O) groups is 1. The van der Waals surface area contributed by atoms with Crippen LogP contribution in [-0.4, -0.2) is 17.4 Å². The summed E-state index contributed by atoms with van der Waals surface area (Å²) in [6.45, 7) is 0.463. The average molecular weight is 359 g/mol. The molecule has 0 amide bonds. The normalized spacial score (nSPS) is 19.5. The van der Waals surface area contributed by atoms with E-state index >= 15 is 0 Å². The lowest BCUT2D eigenvalue weighted by Crippen LogP contribution is -2.23. The summed E-state index contributed by atoms with van der Waals surface area (Å²) in [6.07, 6.45) is 6.75. The zero-order chi connectivity index (χ0) is 18.5. The Kier molecular flexibility index (Phi) is 5.47. The summed E-state index contributed by atoms with van der Waals surface area (Å²) in [7, 11) is 0. The molecule has 1 aromatic heterocycles. The van der Waals surface area contributed by atoms with Crippen molar-refractivity contribution < 1.29 is 9.53 Å². The Morgan fingerprint density at radius 3 is 2.74 bits per heavy atom. The number of rotatable bonds is 7. The first-order chi connectivity index (χ1) is 13.3. The van der Waals surface area contributed by atoms with E-state index < -0.39 is 0 Å². The lowest BCUT2D eigenvalue weighted by atomic mass is 9.90. The second-order valence-corrected chi connectivity index (χ2v) is 7.39. The summed E-state index contributed by atoms with van der Waals surface area (Å²) >= 11 is 0. The molecular formula is C24H25NO2. The van der Waals surface area contributed by atoms with Crippen molar-refractivity contribution in [3.63, 3.8) is 0 Å². The van der Waals surface area contributed by atoms with Crippen LogP contribution in [-0.2, 0) is 11.2 Å². The number of hydrogen-bond acceptors (Lipinski definition) is 3. The van der Waals surface area contributed by atoms with Crippen molar-refractivity contribution in [2.75, 3.05) is 6.61 Å². The number of hydrogen-bond donors (Lipinski definition) is 0. The number of pyridine rings is 1. The number of Topliss-reactive ketones (excluding diaryl/α,β-unsaturated/α-hetero) is 1. The minimum absolute atomic E-state index is 0.0136. The van der Waals surface area contributed by atoms with E-state index in [2.05, 4.69) is 35.3 Å². The van der Waals surface area contributed by atoms with E-state index in [9.17, 15) is 4.79 Å². The van der Waals surface area contributed by atoms with Gasteiger partial charge in [0.2, 0.25) is 0 Å². The van der Waals surface area contributed by atoms with Crippen molar-refractivity contribution in [1.82, 2.24) is 4.98 Å². The molecule has 3 aromatic rings. The van der Waals surface area contributed by atoms with Gasteiger partial charge in [0.15, 0.2) is 0 Å². The zero-order valence-corrected chi connectivity index (χ0v) is 15.5. The second kappa shape index (κ2) is 8.34. The molecule has 1 fully saturated rings. The number of benzene rings is 2. The smallest absolute Gasteiger partial charge is 0.145 e. The van der Waals surface area contributed by atoms with Crippen molar-refractivity contribution >= 4 is 16.7 Å². The van der Waals surface area contributed by atoms with Crippen LogP contribution < -0.4 is 4.74 Å². The highest BCUT2D eigenvalue weighted by molar-refractivity contribution is 5.85. The zero-order valence-electron chi connectivity index (χ0n) is 15.5. The van der Waals surface area contributed by atoms with Gasteiger partial charge in [0.25, 0.3) is 0 Å². The van der Waals surface area contributed by atoms with Gasteiger partial charge in [0, 0.05) is 18.0 Å². The first-order valence-corrected chi connectivity index (χ1v) is 9.84. The molecule has 0 saturated heterocycles. The maximum absolute atomic E-state index is 12.4. The Balaban J connectivity index is 1.37. The average Bonchev–Trinajstić information content (AvgIpc) is 3.07. The molecule has 3 nitrogen and oxygen atoms in total. The van der Waals surface area contributed by atoms with Crippen LogP contribution in [0.25, 0.3) is 10.9 Å². The van der Waals surface area contributed by atoms with Gasteiger partial charge in [-0.25, -0.2) is 0 Å². The van der Waals surface area contributed by atoms with Crippen LogP contribution in [0.3, 0.4) is 0 Å². The minimum atomic E-state index is 0.0136. The number of para-hydroxylation sites is 1. The van der Waals surface area contributed by atoms with Crippen LogP contribution in [0.2, 0.25) is 0 Å². The Morgan fingerprint density at radius 2 is 1.85 bits per heavy atom. The van der Waals surface area contributed by atoms with Crippen molar-refractivity contribution in [2.24, 2.45) is 11.8 Å². The van der Waals surface area contributed by atoms with Gasteiger partial charge in [-0.2, -0.15) is 0 Å². The Hall–Kier alpha value is -2.68. The van der Waals surface area contributed by atoms with E-state index in [1.54, 1.807) is 6.20 Å². The number of aromatic nitrogens is 1. The van der Waals surface area contributed by atoms with Gasteiger partial charge < -0.3 is 4.74 Å². The lowest BCUT2D eigenvalue weighted by Gasteiger charge is -2.19. The summed E-state index contributed by atoms with van der Waals surface area (Å²) < 4.78 is 6.09. The fourth-order valence-corrected chi connectivity index (χ4v) is 4.14. The van der Waals surface area contributed by atoms with Gasteiger partial charge in [-0.05, 0) is 49.3 Å². The third-order valence-corrected chi connectivity index (χ3v) is 5.64. The molecule has 0 unspecified atom stereocenters.